The summed E-state index contributed by atoms with van der Waals surface area (Å²) in [6.07, 6.45) is 0.954. The highest BCUT2D eigenvalue weighted by Crippen LogP contribution is 2.26. The van der Waals surface area contributed by atoms with Crippen molar-refractivity contribution in [2.24, 2.45) is 0 Å². The van der Waals surface area contributed by atoms with E-state index in [-0.39, 0.29) is 17.5 Å². The van der Waals surface area contributed by atoms with Crippen LogP contribution in [0.15, 0.2) is 12.1 Å². The first-order chi connectivity index (χ1) is 8.09. The Kier molecular flexibility index (Phi) is 3.14. The van der Waals surface area contributed by atoms with Gasteiger partial charge in [0.2, 0.25) is 0 Å². The Bertz CT molecular complexity index is 447. The van der Waals surface area contributed by atoms with Gasteiger partial charge in [-0.2, -0.15) is 0 Å². The van der Waals surface area contributed by atoms with E-state index in [1.807, 2.05) is 0 Å². The molecule has 2 rings (SSSR count). The van der Waals surface area contributed by atoms with Gasteiger partial charge in [0.25, 0.3) is 0 Å². The van der Waals surface area contributed by atoms with Crippen LogP contribution < -0.4 is 11.1 Å². The number of carbonyl (C=O) groups is 1. The molecule has 1 aliphatic rings. The molecule has 1 unspecified atom stereocenters. The van der Waals surface area contributed by atoms with Gasteiger partial charge in [-0.15, -0.1) is 0 Å². The maximum Gasteiger partial charge on any atom is 0.338 e. The number of ether oxygens (including phenoxy) is 1. The van der Waals surface area contributed by atoms with Crippen molar-refractivity contribution >= 4 is 17.3 Å². The normalized spacial score (nSPS) is 18.5. The standard InChI is InChI=1S/C11H13FN2O3/c12-9-7(11(15)16)1-2-8(13)10(9)14-5-6-3-4-17-6/h1-2,6,14H,3-5,13H2,(H,15,16). The number of nitrogen functional groups attached to an aromatic ring is 1. The van der Waals surface area contributed by atoms with Crippen molar-refractivity contribution in [3.63, 3.8) is 0 Å². The number of anilines is 2. The smallest absolute Gasteiger partial charge is 0.338 e. The minimum Gasteiger partial charge on any atom is -0.478 e. The highest BCUT2D eigenvalue weighted by Gasteiger charge is 2.21. The lowest BCUT2D eigenvalue weighted by Crippen LogP contribution is -2.33. The van der Waals surface area contributed by atoms with Gasteiger partial charge < -0.3 is 20.9 Å². The minimum absolute atomic E-state index is 0.0281. The molecule has 0 radical (unpaired) electrons. The average molecular weight is 240 g/mol. The lowest BCUT2D eigenvalue weighted by Gasteiger charge is -2.27. The molecule has 5 nitrogen and oxygen atoms in total. The van der Waals surface area contributed by atoms with Crippen molar-refractivity contribution < 1.29 is 19.0 Å². The zero-order chi connectivity index (χ0) is 12.4. The highest BCUT2D eigenvalue weighted by molar-refractivity contribution is 5.91. The van der Waals surface area contributed by atoms with E-state index < -0.39 is 17.3 Å². The zero-order valence-electron chi connectivity index (χ0n) is 9.07. The molecule has 92 valence electrons. The number of carboxylic acids is 1. The van der Waals surface area contributed by atoms with Gasteiger partial charge in [0.15, 0.2) is 5.82 Å². The van der Waals surface area contributed by atoms with E-state index in [1.54, 1.807) is 0 Å². The first-order valence-corrected chi connectivity index (χ1v) is 5.26. The number of carboxylic acid groups (broad SMARTS) is 1. The van der Waals surface area contributed by atoms with Crippen LogP contribution in [-0.2, 0) is 4.74 Å². The van der Waals surface area contributed by atoms with Crippen LogP contribution in [0.4, 0.5) is 15.8 Å². The van der Waals surface area contributed by atoms with E-state index in [4.69, 9.17) is 15.6 Å². The quantitative estimate of drug-likeness (QED) is 0.691. The summed E-state index contributed by atoms with van der Waals surface area (Å²) in [5.74, 6) is -2.15. The van der Waals surface area contributed by atoms with Crippen molar-refractivity contribution in [2.75, 3.05) is 24.2 Å². The summed E-state index contributed by atoms with van der Waals surface area (Å²) in [4.78, 5) is 10.8. The van der Waals surface area contributed by atoms with Crippen LogP contribution in [-0.4, -0.2) is 30.3 Å². The molecule has 0 saturated carbocycles. The highest BCUT2D eigenvalue weighted by atomic mass is 19.1. The van der Waals surface area contributed by atoms with Gasteiger partial charge in [-0.1, -0.05) is 0 Å². The van der Waals surface area contributed by atoms with Gasteiger partial charge in [0, 0.05) is 13.2 Å². The number of rotatable bonds is 4. The minimum atomic E-state index is -1.31. The summed E-state index contributed by atoms with van der Waals surface area (Å²) in [6, 6.07) is 2.52. The second-order valence-corrected chi connectivity index (χ2v) is 3.86. The molecule has 1 aliphatic heterocycles. The summed E-state index contributed by atoms with van der Waals surface area (Å²) < 4.78 is 19.0. The molecular weight excluding hydrogens is 227 g/mol. The predicted molar refractivity (Wildman–Crippen MR) is 60.6 cm³/mol. The summed E-state index contributed by atoms with van der Waals surface area (Å²) >= 11 is 0. The van der Waals surface area contributed by atoms with Gasteiger partial charge >= 0.3 is 5.97 Å². The Hall–Kier alpha value is -1.82. The summed E-state index contributed by atoms with van der Waals surface area (Å²) in [6.45, 7) is 1.13. The van der Waals surface area contributed by atoms with E-state index in [0.29, 0.717) is 13.2 Å². The first-order valence-electron chi connectivity index (χ1n) is 5.26. The molecule has 17 heavy (non-hydrogen) atoms. The predicted octanol–water partition coefficient (Wildman–Crippen LogP) is 1.31. The molecule has 1 saturated heterocycles. The molecule has 1 fully saturated rings. The Morgan fingerprint density at radius 1 is 1.65 bits per heavy atom. The third-order valence-corrected chi connectivity index (χ3v) is 2.70. The fourth-order valence-corrected chi connectivity index (χ4v) is 1.60. The van der Waals surface area contributed by atoms with E-state index in [1.165, 1.54) is 6.07 Å². The van der Waals surface area contributed by atoms with Crippen molar-refractivity contribution in [1.29, 1.82) is 0 Å². The Morgan fingerprint density at radius 3 is 2.88 bits per heavy atom. The fourth-order valence-electron chi connectivity index (χ4n) is 1.60. The number of halogens is 1. The van der Waals surface area contributed by atoms with Crippen molar-refractivity contribution in [2.45, 2.75) is 12.5 Å². The van der Waals surface area contributed by atoms with Crippen molar-refractivity contribution in [3.05, 3.63) is 23.5 Å². The number of nitrogens with two attached hydrogens (primary N) is 1. The fraction of sp³-hybridized carbons (Fsp3) is 0.364. The van der Waals surface area contributed by atoms with Crippen LogP contribution in [0.3, 0.4) is 0 Å². The summed E-state index contributed by atoms with van der Waals surface area (Å²) in [5, 5.41) is 11.6. The number of benzene rings is 1. The molecule has 0 aliphatic carbocycles. The van der Waals surface area contributed by atoms with Crippen molar-refractivity contribution in [1.82, 2.24) is 0 Å². The van der Waals surface area contributed by atoms with Crippen LogP contribution in [0.1, 0.15) is 16.8 Å². The second kappa shape index (κ2) is 4.58. The number of hydrogen-bond donors (Lipinski definition) is 3. The van der Waals surface area contributed by atoms with Gasteiger partial charge in [-0.05, 0) is 18.6 Å². The molecule has 1 aromatic rings. The molecular formula is C11H13FN2O3. The molecule has 6 heteroatoms. The average Bonchev–Trinajstić information content (AvgIpc) is 2.19. The number of hydrogen-bond acceptors (Lipinski definition) is 4. The molecule has 1 heterocycles. The van der Waals surface area contributed by atoms with E-state index >= 15 is 0 Å². The zero-order valence-corrected chi connectivity index (χ0v) is 9.07. The molecule has 1 atom stereocenters. The maximum atomic E-state index is 13.8. The van der Waals surface area contributed by atoms with E-state index in [0.717, 1.165) is 12.5 Å². The Morgan fingerprint density at radius 2 is 2.35 bits per heavy atom. The lowest BCUT2D eigenvalue weighted by atomic mass is 10.1. The second-order valence-electron chi connectivity index (χ2n) is 3.86. The SMILES string of the molecule is Nc1ccc(C(=O)O)c(F)c1NCC1CCO1. The van der Waals surface area contributed by atoms with Gasteiger partial charge in [-0.3, -0.25) is 0 Å². The largest absolute Gasteiger partial charge is 0.478 e. The topological polar surface area (TPSA) is 84.6 Å². The van der Waals surface area contributed by atoms with Gasteiger partial charge in [-0.25, -0.2) is 9.18 Å². The van der Waals surface area contributed by atoms with Crippen LogP contribution in [0.25, 0.3) is 0 Å². The number of nitrogens with one attached hydrogen (secondary N) is 1. The first kappa shape index (κ1) is 11.7. The van der Waals surface area contributed by atoms with Crippen LogP contribution >= 0.6 is 0 Å². The third-order valence-electron chi connectivity index (χ3n) is 2.70. The maximum absolute atomic E-state index is 13.8. The Labute approximate surface area is 97.4 Å². The molecule has 0 amide bonds. The van der Waals surface area contributed by atoms with E-state index in [9.17, 15) is 9.18 Å². The third kappa shape index (κ3) is 2.31. The van der Waals surface area contributed by atoms with Crippen LogP contribution in [0.2, 0.25) is 0 Å². The molecule has 1 aromatic carbocycles. The summed E-state index contributed by atoms with van der Waals surface area (Å²) in [5.41, 5.74) is 5.42. The van der Waals surface area contributed by atoms with E-state index in [2.05, 4.69) is 5.32 Å². The molecule has 0 aromatic heterocycles. The molecule has 4 N–H and O–H groups in total. The molecule has 0 bridgehead atoms. The van der Waals surface area contributed by atoms with Crippen LogP contribution in [0.5, 0.6) is 0 Å². The van der Waals surface area contributed by atoms with Crippen molar-refractivity contribution in [3.8, 4) is 0 Å². The summed E-state index contributed by atoms with van der Waals surface area (Å²) in [7, 11) is 0. The van der Waals surface area contributed by atoms with Gasteiger partial charge in [0.05, 0.1) is 23.0 Å². The molecule has 0 spiro atoms. The Balaban J connectivity index is 2.18. The number of aromatic carboxylic acids is 1. The monoisotopic (exact) mass is 240 g/mol. The van der Waals surface area contributed by atoms with Crippen LogP contribution in [0, 0.1) is 5.82 Å². The lowest BCUT2D eigenvalue weighted by molar-refractivity contribution is -0.0410. The van der Waals surface area contributed by atoms with Gasteiger partial charge in [0.1, 0.15) is 0 Å².